The van der Waals surface area contributed by atoms with E-state index in [0.717, 1.165) is 22.7 Å². The van der Waals surface area contributed by atoms with E-state index in [1.54, 1.807) is 24.1 Å². The number of carbonyl (C=O) groups excluding carboxylic acids is 1. The van der Waals surface area contributed by atoms with Gasteiger partial charge in [-0.1, -0.05) is 23.9 Å². The van der Waals surface area contributed by atoms with E-state index in [0.29, 0.717) is 24.7 Å². The molecule has 0 spiro atoms. The van der Waals surface area contributed by atoms with Gasteiger partial charge in [-0.2, -0.15) is 0 Å². The molecule has 3 aromatic rings. The molecule has 0 saturated carbocycles. The second-order valence-electron chi connectivity index (χ2n) is 6.03. The van der Waals surface area contributed by atoms with Crippen molar-refractivity contribution in [3.05, 3.63) is 54.3 Å². The summed E-state index contributed by atoms with van der Waals surface area (Å²) >= 11 is 1.44. The predicted octanol–water partition coefficient (Wildman–Crippen LogP) is 3.82. The lowest BCUT2D eigenvalue weighted by atomic mass is 10.3. The normalized spacial score (nSPS) is 10.9. The summed E-state index contributed by atoms with van der Waals surface area (Å²) in [6.45, 7) is 3.68. The van der Waals surface area contributed by atoms with Gasteiger partial charge in [-0.25, -0.2) is 9.37 Å². The Bertz CT molecular complexity index is 911. The number of likely N-dealkylation sites (N-methyl/N-ethyl adjacent to an activating group) is 1. The largest absolute Gasteiger partial charge is 0.492 e. The zero-order valence-electron chi connectivity index (χ0n) is 15.4. The SMILES string of the molecule is CCn1c(SCC(=O)N(C)CCOc2ccc(F)cc2)nc2ccccc21. The number of nitrogens with zero attached hydrogens (tertiary/aromatic N) is 3. The van der Waals surface area contributed by atoms with Crippen LogP contribution in [0.15, 0.2) is 53.7 Å². The van der Waals surface area contributed by atoms with Crippen molar-refractivity contribution in [3.8, 4) is 5.75 Å². The highest BCUT2D eigenvalue weighted by molar-refractivity contribution is 7.99. The van der Waals surface area contributed by atoms with E-state index in [1.165, 1.54) is 23.9 Å². The number of para-hydroxylation sites is 2. The maximum absolute atomic E-state index is 12.9. The van der Waals surface area contributed by atoms with E-state index >= 15 is 0 Å². The molecule has 0 aliphatic rings. The van der Waals surface area contributed by atoms with E-state index in [-0.39, 0.29) is 11.7 Å². The molecule has 2 aromatic carbocycles. The van der Waals surface area contributed by atoms with Gasteiger partial charge in [-0.3, -0.25) is 4.79 Å². The quantitative estimate of drug-likeness (QED) is 0.551. The zero-order valence-corrected chi connectivity index (χ0v) is 16.2. The molecule has 1 amide bonds. The van der Waals surface area contributed by atoms with Crippen LogP contribution in [-0.2, 0) is 11.3 Å². The van der Waals surface area contributed by atoms with Crippen LogP contribution in [0.5, 0.6) is 5.75 Å². The molecule has 0 atom stereocenters. The first-order chi connectivity index (χ1) is 13.1. The molecule has 1 heterocycles. The van der Waals surface area contributed by atoms with Crippen LogP contribution in [0, 0.1) is 5.82 Å². The van der Waals surface area contributed by atoms with Gasteiger partial charge in [-0.05, 0) is 43.3 Å². The zero-order chi connectivity index (χ0) is 19.2. The fourth-order valence-corrected chi connectivity index (χ4v) is 3.68. The summed E-state index contributed by atoms with van der Waals surface area (Å²) in [5, 5.41) is 0.850. The highest BCUT2D eigenvalue weighted by Crippen LogP contribution is 2.24. The lowest BCUT2D eigenvalue weighted by molar-refractivity contribution is -0.127. The number of rotatable bonds is 8. The number of imidazole rings is 1. The van der Waals surface area contributed by atoms with Gasteiger partial charge in [0.1, 0.15) is 18.2 Å². The summed E-state index contributed by atoms with van der Waals surface area (Å²) in [4.78, 5) is 18.6. The van der Waals surface area contributed by atoms with Crippen LogP contribution in [0.2, 0.25) is 0 Å². The first kappa shape index (κ1) is 19.2. The van der Waals surface area contributed by atoms with Gasteiger partial charge in [0.15, 0.2) is 5.16 Å². The van der Waals surface area contributed by atoms with E-state index in [4.69, 9.17) is 4.74 Å². The monoisotopic (exact) mass is 387 g/mol. The number of aryl methyl sites for hydroxylation is 1. The molecule has 0 N–H and O–H groups in total. The molecule has 7 heteroatoms. The minimum absolute atomic E-state index is 0.0115. The fourth-order valence-electron chi connectivity index (χ4n) is 2.66. The van der Waals surface area contributed by atoms with Crippen LogP contribution in [0.4, 0.5) is 4.39 Å². The Morgan fingerprint density at radius 3 is 2.70 bits per heavy atom. The maximum Gasteiger partial charge on any atom is 0.232 e. The van der Waals surface area contributed by atoms with E-state index < -0.39 is 0 Å². The standard InChI is InChI=1S/C20H22FN3O2S/c1-3-24-18-7-5-4-6-17(18)22-20(24)27-14-19(25)23(2)12-13-26-16-10-8-15(21)9-11-16/h4-11H,3,12-14H2,1-2H3. The topological polar surface area (TPSA) is 47.4 Å². The Kier molecular flexibility index (Phi) is 6.34. The van der Waals surface area contributed by atoms with Crippen molar-refractivity contribution in [2.45, 2.75) is 18.6 Å². The van der Waals surface area contributed by atoms with Crippen LogP contribution in [0.3, 0.4) is 0 Å². The molecule has 5 nitrogen and oxygen atoms in total. The van der Waals surface area contributed by atoms with Gasteiger partial charge in [-0.15, -0.1) is 0 Å². The highest BCUT2D eigenvalue weighted by atomic mass is 32.2. The van der Waals surface area contributed by atoms with Crippen molar-refractivity contribution in [2.24, 2.45) is 0 Å². The average Bonchev–Trinajstić information content (AvgIpc) is 3.05. The summed E-state index contributed by atoms with van der Waals surface area (Å²) in [6.07, 6.45) is 0. The van der Waals surface area contributed by atoms with Crippen LogP contribution in [0.1, 0.15) is 6.92 Å². The van der Waals surface area contributed by atoms with Crippen LogP contribution in [-0.4, -0.2) is 46.3 Å². The Morgan fingerprint density at radius 2 is 1.96 bits per heavy atom. The number of halogens is 1. The maximum atomic E-state index is 12.9. The van der Waals surface area contributed by atoms with Crippen molar-refractivity contribution < 1.29 is 13.9 Å². The van der Waals surface area contributed by atoms with Gasteiger partial charge < -0.3 is 14.2 Å². The van der Waals surface area contributed by atoms with Crippen molar-refractivity contribution in [1.82, 2.24) is 14.5 Å². The fraction of sp³-hybridized carbons (Fsp3) is 0.300. The van der Waals surface area contributed by atoms with E-state index in [2.05, 4.69) is 16.5 Å². The first-order valence-electron chi connectivity index (χ1n) is 8.79. The summed E-state index contributed by atoms with van der Waals surface area (Å²) in [6, 6.07) is 13.8. The van der Waals surface area contributed by atoms with Gasteiger partial charge >= 0.3 is 0 Å². The molecule has 0 unspecified atom stereocenters. The van der Waals surface area contributed by atoms with Crippen LogP contribution in [0.25, 0.3) is 11.0 Å². The summed E-state index contributed by atoms with van der Waals surface area (Å²) in [5.74, 6) is 0.613. The van der Waals surface area contributed by atoms with Gasteiger partial charge in [0.05, 0.1) is 23.3 Å². The minimum Gasteiger partial charge on any atom is -0.492 e. The summed E-state index contributed by atoms with van der Waals surface area (Å²) < 4.78 is 20.5. The Balaban J connectivity index is 1.50. The Hall–Kier alpha value is -2.54. The van der Waals surface area contributed by atoms with Crippen LogP contribution < -0.4 is 4.74 Å². The molecular formula is C20H22FN3O2S. The molecule has 0 aliphatic heterocycles. The number of ether oxygens (including phenoxy) is 1. The van der Waals surface area contributed by atoms with Crippen molar-refractivity contribution in [3.63, 3.8) is 0 Å². The summed E-state index contributed by atoms with van der Waals surface area (Å²) in [7, 11) is 1.75. The lowest BCUT2D eigenvalue weighted by Crippen LogP contribution is -2.32. The van der Waals surface area contributed by atoms with E-state index in [9.17, 15) is 9.18 Å². The van der Waals surface area contributed by atoms with Crippen LogP contribution >= 0.6 is 11.8 Å². The second-order valence-corrected chi connectivity index (χ2v) is 6.98. The third-order valence-corrected chi connectivity index (χ3v) is 5.16. The smallest absolute Gasteiger partial charge is 0.232 e. The minimum atomic E-state index is -0.301. The third kappa shape index (κ3) is 4.80. The number of fused-ring (bicyclic) bond motifs is 1. The Morgan fingerprint density at radius 1 is 1.22 bits per heavy atom. The first-order valence-corrected chi connectivity index (χ1v) is 9.77. The molecule has 0 saturated heterocycles. The Labute approximate surface area is 162 Å². The lowest BCUT2D eigenvalue weighted by Gasteiger charge is -2.17. The highest BCUT2D eigenvalue weighted by Gasteiger charge is 2.14. The van der Waals surface area contributed by atoms with E-state index in [1.807, 2.05) is 24.3 Å². The number of thioether (sulfide) groups is 1. The van der Waals surface area contributed by atoms with Gasteiger partial charge in [0.2, 0.25) is 5.91 Å². The van der Waals surface area contributed by atoms with Gasteiger partial charge in [0, 0.05) is 13.6 Å². The third-order valence-electron chi connectivity index (χ3n) is 4.20. The van der Waals surface area contributed by atoms with Crippen molar-refractivity contribution in [1.29, 1.82) is 0 Å². The number of aromatic nitrogens is 2. The average molecular weight is 387 g/mol. The summed E-state index contributed by atoms with van der Waals surface area (Å²) in [5.41, 5.74) is 2.02. The second kappa shape index (κ2) is 8.90. The number of amides is 1. The molecule has 142 valence electrons. The molecule has 0 aliphatic carbocycles. The molecule has 0 bridgehead atoms. The predicted molar refractivity (Wildman–Crippen MR) is 106 cm³/mol. The molecule has 3 rings (SSSR count). The number of hydrogen-bond donors (Lipinski definition) is 0. The van der Waals surface area contributed by atoms with Crippen molar-refractivity contribution >= 4 is 28.7 Å². The number of carbonyl (C=O) groups is 1. The number of hydrogen-bond acceptors (Lipinski definition) is 4. The molecule has 1 aromatic heterocycles. The van der Waals surface area contributed by atoms with Gasteiger partial charge in [0.25, 0.3) is 0 Å². The van der Waals surface area contributed by atoms with Crippen molar-refractivity contribution in [2.75, 3.05) is 26.0 Å². The molecule has 0 radical (unpaired) electrons. The number of benzene rings is 2. The molecular weight excluding hydrogens is 365 g/mol. The molecule has 0 fully saturated rings. The molecule has 27 heavy (non-hydrogen) atoms.